The molecule has 0 radical (unpaired) electrons. The minimum atomic E-state index is -0.273. The van der Waals surface area contributed by atoms with E-state index in [0.717, 1.165) is 57.7 Å². The number of piperidine rings is 1. The zero-order chi connectivity index (χ0) is 13.8. The van der Waals surface area contributed by atoms with E-state index in [2.05, 4.69) is 11.0 Å². The van der Waals surface area contributed by atoms with Crippen molar-refractivity contribution in [2.75, 3.05) is 32.8 Å². The second-order valence-corrected chi connectivity index (χ2v) is 5.51. The second-order valence-electron chi connectivity index (χ2n) is 5.51. The van der Waals surface area contributed by atoms with Crippen LogP contribution in [0.4, 0.5) is 0 Å². The van der Waals surface area contributed by atoms with Crippen molar-refractivity contribution >= 4 is 0 Å². The number of nitriles is 1. The fourth-order valence-corrected chi connectivity index (χ4v) is 2.94. The Labute approximate surface area is 119 Å². The van der Waals surface area contributed by atoms with Crippen molar-refractivity contribution in [1.82, 2.24) is 4.90 Å². The maximum Gasteiger partial charge on any atom is 0.170 e. The van der Waals surface area contributed by atoms with Crippen LogP contribution in [0.2, 0.25) is 0 Å². The van der Waals surface area contributed by atoms with Gasteiger partial charge in [0.1, 0.15) is 0 Å². The molecule has 1 spiro atoms. The van der Waals surface area contributed by atoms with Gasteiger partial charge in [0.05, 0.1) is 24.8 Å². The van der Waals surface area contributed by atoms with Crippen LogP contribution in [0.5, 0.6) is 0 Å². The minimum Gasteiger partial charge on any atom is -0.347 e. The van der Waals surface area contributed by atoms with Gasteiger partial charge in [-0.15, -0.1) is 0 Å². The average molecular weight is 272 g/mol. The van der Waals surface area contributed by atoms with Crippen LogP contribution in [0, 0.1) is 11.3 Å². The molecule has 0 unspecified atom stereocenters. The first kappa shape index (κ1) is 13.6. The first-order valence-corrected chi connectivity index (χ1v) is 7.29. The van der Waals surface area contributed by atoms with Gasteiger partial charge in [-0.25, -0.2) is 0 Å². The SMILES string of the molecule is N#Cc1ccc(CCN2CCC3(CC2)OCCO3)cc1. The van der Waals surface area contributed by atoms with Gasteiger partial charge >= 0.3 is 0 Å². The molecule has 2 aliphatic heterocycles. The van der Waals surface area contributed by atoms with E-state index in [1.165, 1.54) is 5.56 Å². The van der Waals surface area contributed by atoms with Gasteiger partial charge in [-0.2, -0.15) is 5.26 Å². The molecular formula is C16H20N2O2. The smallest absolute Gasteiger partial charge is 0.170 e. The summed E-state index contributed by atoms with van der Waals surface area (Å²) in [6.45, 7) is 4.62. The summed E-state index contributed by atoms with van der Waals surface area (Å²) >= 11 is 0. The summed E-state index contributed by atoms with van der Waals surface area (Å²) in [6, 6.07) is 10.0. The lowest BCUT2D eigenvalue weighted by molar-refractivity contribution is -0.185. The summed E-state index contributed by atoms with van der Waals surface area (Å²) in [6.07, 6.45) is 2.97. The van der Waals surface area contributed by atoms with Crippen LogP contribution in [0.15, 0.2) is 24.3 Å². The van der Waals surface area contributed by atoms with Crippen LogP contribution >= 0.6 is 0 Å². The molecule has 0 aliphatic carbocycles. The third-order valence-electron chi connectivity index (χ3n) is 4.23. The zero-order valence-corrected chi connectivity index (χ0v) is 11.7. The number of nitrogens with zero attached hydrogens (tertiary/aromatic N) is 2. The molecule has 3 rings (SSSR count). The van der Waals surface area contributed by atoms with Gasteiger partial charge in [0.25, 0.3) is 0 Å². The molecule has 2 saturated heterocycles. The highest BCUT2D eigenvalue weighted by atomic mass is 16.7. The fraction of sp³-hybridized carbons (Fsp3) is 0.562. The number of hydrogen-bond acceptors (Lipinski definition) is 4. The molecule has 0 bridgehead atoms. The molecule has 0 aromatic heterocycles. The van der Waals surface area contributed by atoms with Crippen molar-refractivity contribution in [2.24, 2.45) is 0 Å². The zero-order valence-electron chi connectivity index (χ0n) is 11.7. The van der Waals surface area contributed by atoms with Crippen molar-refractivity contribution in [3.63, 3.8) is 0 Å². The van der Waals surface area contributed by atoms with E-state index < -0.39 is 0 Å². The van der Waals surface area contributed by atoms with Crippen LogP contribution in [0.3, 0.4) is 0 Å². The summed E-state index contributed by atoms with van der Waals surface area (Å²) in [4.78, 5) is 2.47. The molecule has 1 aromatic rings. The van der Waals surface area contributed by atoms with E-state index >= 15 is 0 Å². The Morgan fingerprint density at radius 2 is 1.75 bits per heavy atom. The maximum absolute atomic E-state index is 8.78. The molecule has 4 nitrogen and oxygen atoms in total. The first-order valence-electron chi connectivity index (χ1n) is 7.29. The Balaban J connectivity index is 1.46. The molecule has 0 saturated carbocycles. The Morgan fingerprint density at radius 1 is 1.10 bits per heavy atom. The molecule has 0 amide bonds. The van der Waals surface area contributed by atoms with Gasteiger partial charge in [-0.3, -0.25) is 0 Å². The first-order chi connectivity index (χ1) is 9.80. The Kier molecular flexibility index (Phi) is 4.02. The predicted molar refractivity (Wildman–Crippen MR) is 75.2 cm³/mol. The topological polar surface area (TPSA) is 45.5 Å². The van der Waals surface area contributed by atoms with Gasteiger partial charge in [-0.05, 0) is 24.1 Å². The summed E-state index contributed by atoms with van der Waals surface area (Å²) in [5, 5.41) is 8.78. The number of likely N-dealkylation sites (tertiary alicyclic amines) is 1. The van der Waals surface area contributed by atoms with Crippen LogP contribution in [0.1, 0.15) is 24.0 Å². The van der Waals surface area contributed by atoms with E-state index in [-0.39, 0.29) is 5.79 Å². The third kappa shape index (κ3) is 3.01. The van der Waals surface area contributed by atoms with Gasteiger partial charge in [-0.1, -0.05) is 12.1 Å². The third-order valence-corrected chi connectivity index (χ3v) is 4.23. The molecule has 2 heterocycles. The van der Waals surface area contributed by atoms with E-state index in [4.69, 9.17) is 14.7 Å². The molecule has 106 valence electrons. The van der Waals surface area contributed by atoms with Crippen molar-refractivity contribution < 1.29 is 9.47 Å². The van der Waals surface area contributed by atoms with Crippen LogP contribution in [0.25, 0.3) is 0 Å². The lowest BCUT2D eigenvalue weighted by atomic mass is 10.0. The molecule has 2 aliphatic rings. The average Bonchev–Trinajstić information content (AvgIpc) is 2.96. The summed E-state index contributed by atoms with van der Waals surface area (Å²) in [7, 11) is 0. The standard InChI is InChI=1S/C16H20N2O2/c17-13-15-3-1-14(2-4-15)5-8-18-9-6-16(7-10-18)19-11-12-20-16/h1-4H,5-12H2. The van der Waals surface area contributed by atoms with Gasteiger partial charge in [0, 0.05) is 32.5 Å². The van der Waals surface area contributed by atoms with Crippen molar-refractivity contribution in [2.45, 2.75) is 25.0 Å². The van der Waals surface area contributed by atoms with Gasteiger partial charge in [0.2, 0.25) is 0 Å². The van der Waals surface area contributed by atoms with Crippen LogP contribution in [-0.4, -0.2) is 43.5 Å². The second kappa shape index (κ2) is 5.92. The summed E-state index contributed by atoms with van der Waals surface area (Å²) in [5.41, 5.74) is 2.02. The molecule has 0 N–H and O–H groups in total. The maximum atomic E-state index is 8.78. The lowest BCUT2D eigenvalue weighted by Crippen LogP contribution is -2.45. The van der Waals surface area contributed by atoms with Crippen LogP contribution < -0.4 is 0 Å². The van der Waals surface area contributed by atoms with E-state index in [9.17, 15) is 0 Å². The normalized spacial score (nSPS) is 21.9. The number of rotatable bonds is 3. The highest BCUT2D eigenvalue weighted by Gasteiger charge is 2.39. The van der Waals surface area contributed by atoms with Gasteiger partial charge in [0.15, 0.2) is 5.79 Å². The van der Waals surface area contributed by atoms with Crippen molar-refractivity contribution in [1.29, 1.82) is 5.26 Å². The summed E-state index contributed by atoms with van der Waals surface area (Å²) in [5.74, 6) is -0.273. The van der Waals surface area contributed by atoms with Crippen molar-refractivity contribution in [3.05, 3.63) is 35.4 Å². The molecule has 20 heavy (non-hydrogen) atoms. The number of benzene rings is 1. The quantitative estimate of drug-likeness (QED) is 0.843. The van der Waals surface area contributed by atoms with E-state index in [1.807, 2.05) is 24.3 Å². The lowest BCUT2D eigenvalue weighted by Gasteiger charge is -2.37. The van der Waals surface area contributed by atoms with E-state index in [0.29, 0.717) is 0 Å². The Bertz CT molecular complexity index is 476. The number of hydrogen-bond donors (Lipinski definition) is 0. The fourth-order valence-electron chi connectivity index (χ4n) is 2.94. The molecule has 1 aromatic carbocycles. The Morgan fingerprint density at radius 3 is 2.35 bits per heavy atom. The monoisotopic (exact) mass is 272 g/mol. The van der Waals surface area contributed by atoms with Gasteiger partial charge < -0.3 is 14.4 Å². The predicted octanol–water partition coefficient (Wildman–Crippen LogP) is 1.94. The minimum absolute atomic E-state index is 0.273. The molecule has 4 heteroatoms. The molecule has 0 atom stereocenters. The van der Waals surface area contributed by atoms with E-state index in [1.54, 1.807) is 0 Å². The molecule has 2 fully saturated rings. The highest BCUT2D eigenvalue weighted by Crippen LogP contribution is 2.31. The molecular weight excluding hydrogens is 252 g/mol. The Hall–Kier alpha value is -1.41. The summed E-state index contributed by atoms with van der Waals surface area (Å²) < 4.78 is 11.5. The van der Waals surface area contributed by atoms with Crippen molar-refractivity contribution in [3.8, 4) is 6.07 Å². The highest BCUT2D eigenvalue weighted by molar-refractivity contribution is 5.31. The largest absolute Gasteiger partial charge is 0.347 e. The van der Waals surface area contributed by atoms with Crippen LogP contribution in [-0.2, 0) is 15.9 Å². The number of ether oxygens (including phenoxy) is 2.